The second kappa shape index (κ2) is 16.9. The Morgan fingerprint density at radius 2 is 1.53 bits per heavy atom. The molecule has 0 amide bonds. The van der Waals surface area contributed by atoms with E-state index in [4.69, 9.17) is 9.47 Å². The number of carbonyl (C=O) groups is 1. The van der Waals surface area contributed by atoms with Crippen LogP contribution < -0.4 is 15.6 Å². The van der Waals surface area contributed by atoms with Gasteiger partial charge in [-0.25, -0.2) is 0 Å². The summed E-state index contributed by atoms with van der Waals surface area (Å²) in [4.78, 5) is 30.6. The van der Waals surface area contributed by atoms with Crippen LogP contribution in [0.4, 0.5) is 0 Å². The summed E-state index contributed by atoms with van der Waals surface area (Å²) in [5, 5.41) is 24.8. The number of fused-ring (bicyclic) bond motifs is 3. The zero-order valence-electron chi connectivity index (χ0n) is 30.0. The smallest absolute Gasteiger partial charge is 0.321 e. The molecule has 1 fully saturated rings. The number of aromatic nitrogens is 1. The molecule has 9 nitrogen and oxygen atoms in total. The Morgan fingerprint density at radius 3 is 2.22 bits per heavy atom. The van der Waals surface area contributed by atoms with E-state index in [1.165, 1.54) is 44.2 Å². The molecule has 0 saturated heterocycles. The van der Waals surface area contributed by atoms with Crippen LogP contribution in [0, 0.1) is 0 Å². The van der Waals surface area contributed by atoms with Crippen molar-refractivity contribution in [3.8, 4) is 17.2 Å². The Bertz CT molecular complexity index is 1790. The molecular formula is C42H53N3O6. The molecule has 9 heteroatoms. The van der Waals surface area contributed by atoms with Crippen molar-refractivity contribution in [1.82, 2.24) is 15.2 Å². The summed E-state index contributed by atoms with van der Waals surface area (Å²) < 4.78 is 12.4. The first kappa shape index (κ1) is 36.6. The number of ether oxygens (including phenoxy) is 2. The number of carbonyl (C=O) groups excluding carboxylic acids is 1. The van der Waals surface area contributed by atoms with Gasteiger partial charge in [-0.05, 0) is 95.4 Å². The molecule has 1 aliphatic carbocycles. The van der Waals surface area contributed by atoms with Gasteiger partial charge in [0, 0.05) is 35.2 Å². The van der Waals surface area contributed by atoms with Crippen molar-refractivity contribution in [2.75, 3.05) is 26.7 Å². The van der Waals surface area contributed by atoms with E-state index in [0.29, 0.717) is 40.6 Å². The molecule has 51 heavy (non-hydrogen) atoms. The highest BCUT2D eigenvalue weighted by Crippen LogP contribution is 2.48. The lowest BCUT2D eigenvalue weighted by molar-refractivity contribution is -0.156. The van der Waals surface area contributed by atoms with Crippen molar-refractivity contribution < 1.29 is 24.5 Å². The highest BCUT2D eigenvalue weighted by atomic mass is 16.5. The summed E-state index contributed by atoms with van der Waals surface area (Å²) in [5.74, 6) is 1.23. The predicted molar refractivity (Wildman–Crippen MR) is 201 cm³/mol. The molecule has 1 saturated carbocycles. The average Bonchev–Trinajstić information content (AvgIpc) is 3.14. The molecule has 4 N–H and O–H groups in total. The molecule has 0 spiro atoms. The number of aliphatic hydroxyl groups is 1. The number of nitrogens with one attached hydrogen (secondary N) is 2. The van der Waals surface area contributed by atoms with E-state index in [2.05, 4.69) is 22.2 Å². The van der Waals surface area contributed by atoms with Gasteiger partial charge in [-0.2, -0.15) is 0 Å². The summed E-state index contributed by atoms with van der Waals surface area (Å²) >= 11 is 0. The molecule has 1 aromatic heterocycles. The number of aromatic amines is 1. The lowest BCUT2D eigenvalue weighted by Gasteiger charge is -2.38. The van der Waals surface area contributed by atoms with E-state index in [9.17, 15) is 19.8 Å². The largest absolute Gasteiger partial charge is 0.506 e. The number of hydrogen-bond donors (Lipinski definition) is 4. The Kier molecular flexibility index (Phi) is 12.1. The molecule has 0 bridgehead atoms. The average molecular weight is 696 g/mol. The molecule has 4 aromatic rings. The zero-order valence-corrected chi connectivity index (χ0v) is 30.0. The number of para-hydroxylation sites is 2. The Hall–Kier alpha value is -4.18. The third-order valence-corrected chi connectivity index (χ3v) is 11.0. The SMILES string of the molecule is CN(CCCCCCCCCNC[C@@H](O)c1ccc(O)c2[nH]c(=O)ccc12)C1CCC(OC(=O)C2(C)c3ccccc3Oc3ccccc32)CC1. The molecule has 1 aliphatic heterocycles. The van der Waals surface area contributed by atoms with E-state index >= 15 is 0 Å². The summed E-state index contributed by atoms with van der Waals surface area (Å²) in [6.07, 6.45) is 11.4. The molecule has 2 heterocycles. The van der Waals surface area contributed by atoms with Crippen molar-refractivity contribution in [2.24, 2.45) is 0 Å². The van der Waals surface area contributed by atoms with E-state index in [0.717, 1.165) is 62.7 Å². The lowest BCUT2D eigenvalue weighted by atomic mass is 9.74. The van der Waals surface area contributed by atoms with E-state index in [1.807, 2.05) is 55.5 Å². The first-order chi connectivity index (χ1) is 24.8. The minimum atomic E-state index is -0.907. The van der Waals surface area contributed by atoms with Crippen LogP contribution in [0.5, 0.6) is 17.2 Å². The summed E-state index contributed by atoms with van der Waals surface area (Å²) in [6, 6.07) is 22.4. The van der Waals surface area contributed by atoms with Gasteiger partial charge in [-0.15, -0.1) is 0 Å². The second-order valence-electron chi connectivity index (χ2n) is 14.5. The van der Waals surface area contributed by atoms with Crippen LogP contribution in [0.15, 0.2) is 77.6 Å². The van der Waals surface area contributed by atoms with Crippen molar-refractivity contribution in [3.63, 3.8) is 0 Å². The first-order valence-electron chi connectivity index (χ1n) is 18.8. The van der Waals surface area contributed by atoms with Gasteiger partial charge in [0.2, 0.25) is 5.56 Å². The fourth-order valence-electron chi connectivity index (χ4n) is 7.87. The maximum atomic E-state index is 13.9. The van der Waals surface area contributed by atoms with Gasteiger partial charge in [0.05, 0.1) is 11.6 Å². The molecule has 2 aliphatic rings. The fraction of sp³-hybridized carbons (Fsp3) is 0.476. The number of hydrogen-bond acceptors (Lipinski definition) is 8. The molecule has 272 valence electrons. The third-order valence-electron chi connectivity index (χ3n) is 11.0. The van der Waals surface area contributed by atoms with Crippen LogP contribution in [0.25, 0.3) is 10.9 Å². The molecule has 0 radical (unpaired) electrons. The standard InChI is InChI=1S/C42H53N3O6/c1-42(33-14-8-10-16-37(33)51-38-17-11-9-15-34(38)42)41(49)50-30-20-18-29(19-21-30)45(2)27-13-7-5-3-4-6-12-26-43-28-36(47)31-22-24-35(46)40-32(31)23-25-39(48)44-40/h8-11,14-17,22-25,29-30,36,43,46-47H,3-7,12-13,18-21,26-28H2,1-2H3,(H,44,48)/t29?,30?,36-/m1/s1. The number of aromatic hydroxyl groups is 1. The normalized spacial score (nSPS) is 18.5. The Labute approximate surface area is 301 Å². The van der Waals surface area contributed by atoms with Crippen LogP contribution >= 0.6 is 0 Å². The molecule has 3 aromatic carbocycles. The van der Waals surface area contributed by atoms with Crippen molar-refractivity contribution in [1.29, 1.82) is 0 Å². The number of unbranched alkanes of at least 4 members (excludes halogenated alkanes) is 6. The van der Waals surface area contributed by atoms with Gasteiger partial charge in [0.15, 0.2) is 0 Å². The van der Waals surface area contributed by atoms with Crippen LogP contribution in [0.3, 0.4) is 0 Å². The molecule has 6 rings (SSSR count). The predicted octanol–water partition coefficient (Wildman–Crippen LogP) is 7.49. The third kappa shape index (κ3) is 8.49. The van der Waals surface area contributed by atoms with E-state index in [1.54, 1.807) is 12.1 Å². The maximum Gasteiger partial charge on any atom is 0.321 e. The Balaban J connectivity index is 0.825. The number of pyridine rings is 1. The van der Waals surface area contributed by atoms with Crippen molar-refractivity contribution >= 4 is 16.9 Å². The molecule has 0 unspecified atom stereocenters. The minimum Gasteiger partial charge on any atom is -0.506 e. The number of esters is 1. The quantitative estimate of drug-likeness (QED) is 0.0703. The lowest BCUT2D eigenvalue weighted by Crippen LogP contribution is -2.42. The number of H-pyrrole nitrogens is 1. The number of aliphatic hydroxyl groups excluding tert-OH is 1. The van der Waals surface area contributed by atoms with Gasteiger partial charge in [-0.3, -0.25) is 9.59 Å². The van der Waals surface area contributed by atoms with Crippen LogP contribution in [0.2, 0.25) is 0 Å². The fourth-order valence-corrected chi connectivity index (χ4v) is 7.87. The summed E-state index contributed by atoms with van der Waals surface area (Å²) in [6.45, 7) is 4.32. The number of benzene rings is 3. The van der Waals surface area contributed by atoms with Crippen LogP contribution in [-0.2, 0) is 14.9 Å². The molecular weight excluding hydrogens is 642 g/mol. The van der Waals surface area contributed by atoms with Crippen molar-refractivity contribution in [3.05, 3.63) is 99.8 Å². The second-order valence-corrected chi connectivity index (χ2v) is 14.5. The van der Waals surface area contributed by atoms with Crippen LogP contribution in [0.1, 0.15) is 100 Å². The van der Waals surface area contributed by atoms with Gasteiger partial charge in [0.25, 0.3) is 0 Å². The first-order valence-corrected chi connectivity index (χ1v) is 18.8. The number of phenolic OH excluding ortho intramolecular Hbond substituents is 1. The number of nitrogens with zero attached hydrogens (tertiary/aromatic N) is 1. The summed E-state index contributed by atoms with van der Waals surface area (Å²) in [5.41, 5.74) is 1.56. The minimum absolute atomic E-state index is 0.00213. The van der Waals surface area contributed by atoms with E-state index in [-0.39, 0.29) is 23.4 Å². The highest BCUT2D eigenvalue weighted by Gasteiger charge is 2.46. The maximum absolute atomic E-state index is 13.9. The molecule has 1 atom stereocenters. The van der Waals surface area contributed by atoms with Crippen molar-refractivity contribution in [2.45, 2.75) is 101 Å². The van der Waals surface area contributed by atoms with Gasteiger partial charge in [0.1, 0.15) is 28.8 Å². The number of phenols is 1. The van der Waals surface area contributed by atoms with Gasteiger partial charge < -0.3 is 34.9 Å². The van der Waals surface area contributed by atoms with Gasteiger partial charge in [-0.1, -0.05) is 74.6 Å². The monoisotopic (exact) mass is 695 g/mol. The van der Waals surface area contributed by atoms with Gasteiger partial charge >= 0.3 is 5.97 Å². The Morgan fingerprint density at radius 1 is 0.902 bits per heavy atom. The zero-order chi connectivity index (χ0) is 35.8. The van der Waals surface area contributed by atoms with Crippen LogP contribution in [-0.4, -0.2) is 64.9 Å². The highest BCUT2D eigenvalue weighted by molar-refractivity contribution is 5.90. The topological polar surface area (TPSA) is 124 Å². The number of rotatable bonds is 16. The summed E-state index contributed by atoms with van der Waals surface area (Å²) in [7, 11) is 2.24. The van der Waals surface area contributed by atoms with E-state index < -0.39 is 11.5 Å².